The summed E-state index contributed by atoms with van der Waals surface area (Å²) in [5.74, 6) is -0.110. The Morgan fingerprint density at radius 3 is 2.67 bits per heavy atom. The minimum Gasteiger partial charge on any atom is -0.353 e. The molecule has 0 aromatic carbocycles. The van der Waals surface area contributed by atoms with Gasteiger partial charge in [0.15, 0.2) is 0 Å². The summed E-state index contributed by atoms with van der Waals surface area (Å²) in [5.41, 5.74) is 0. The molecule has 0 aromatic rings. The van der Waals surface area contributed by atoms with Crippen LogP contribution in [0.1, 0.15) is 40.0 Å². The fraction of sp³-hybridized carbons (Fsp3) is 0.917. The molecule has 0 unspecified atom stereocenters. The van der Waals surface area contributed by atoms with E-state index < -0.39 is 10.0 Å². The molecule has 0 aliphatic carbocycles. The van der Waals surface area contributed by atoms with Crippen molar-refractivity contribution in [2.24, 2.45) is 5.92 Å². The van der Waals surface area contributed by atoms with Crippen molar-refractivity contribution in [3.05, 3.63) is 0 Å². The summed E-state index contributed by atoms with van der Waals surface area (Å²) in [5, 5.41) is 2.93. The van der Waals surface area contributed by atoms with Crippen LogP contribution in [0.4, 0.5) is 0 Å². The van der Waals surface area contributed by atoms with E-state index in [2.05, 4.69) is 5.32 Å². The second-order valence-corrected chi connectivity index (χ2v) is 7.17. The fourth-order valence-corrected chi connectivity index (χ4v) is 3.23. The van der Waals surface area contributed by atoms with Gasteiger partial charge in [-0.05, 0) is 33.1 Å². The minimum absolute atomic E-state index is 0.0136. The third-order valence-corrected chi connectivity index (χ3v) is 5.36. The number of rotatable bonds is 5. The Balaban J connectivity index is 2.61. The van der Waals surface area contributed by atoms with E-state index in [-0.39, 0.29) is 23.6 Å². The molecule has 106 valence electrons. The molecule has 1 N–H and O–H groups in total. The average molecular weight is 276 g/mol. The average Bonchev–Trinajstić information content (AvgIpc) is 2.38. The van der Waals surface area contributed by atoms with Crippen molar-refractivity contribution in [3.8, 4) is 0 Å². The van der Waals surface area contributed by atoms with E-state index in [4.69, 9.17) is 0 Å². The van der Waals surface area contributed by atoms with E-state index in [1.807, 2.05) is 13.8 Å². The van der Waals surface area contributed by atoms with Gasteiger partial charge in [0.2, 0.25) is 15.9 Å². The molecule has 2 atom stereocenters. The first-order chi connectivity index (χ1) is 8.40. The van der Waals surface area contributed by atoms with Gasteiger partial charge in [0, 0.05) is 19.1 Å². The van der Waals surface area contributed by atoms with E-state index in [1.165, 1.54) is 4.31 Å². The molecule has 1 saturated heterocycles. The molecule has 1 rings (SSSR count). The SMILES string of the molecule is CC[C@@H](C)NC(=O)[C@H]1CCCN(S(=O)(=O)CC)C1. The fourth-order valence-electron chi connectivity index (χ4n) is 2.05. The summed E-state index contributed by atoms with van der Waals surface area (Å²) < 4.78 is 25.0. The highest BCUT2D eigenvalue weighted by Gasteiger charge is 2.31. The maximum Gasteiger partial charge on any atom is 0.224 e. The van der Waals surface area contributed by atoms with Gasteiger partial charge in [-0.15, -0.1) is 0 Å². The van der Waals surface area contributed by atoms with Gasteiger partial charge in [-0.2, -0.15) is 0 Å². The van der Waals surface area contributed by atoms with Crippen LogP contribution in [0.5, 0.6) is 0 Å². The summed E-state index contributed by atoms with van der Waals surface area (Å²) in [6.07, 6.45) is 2.42. The van der Waals surface area contributed by atoms with Crippen LogP contribution in [-0.4, -0.2) is 43.5 Å². The molecule has 5 nitrogen and oxygen atoms in total. The highest BCUT2D eigenvalue weighted by atomic mass is 32.2. The van der Waals surface area contributed by atoms with Crippen molar-refractivity contribution in [2.45, 2.75) is 46.1 Å². The Bertz CT molecular complexity index is 381. The van der Waals surface area contributed by atoms with Crippen LogP contribution in [0, 0.1) is 5.92 Å². The van der Waals surface area contributed by atoms with Crippen LogP contribution in [0.15, 0.2) is 0 Å². The predicted molar refractivity (Wildman–Crippen MR) is 71.7 cm³/mol. The van der Waals surface area contributed by atoms with Crippen molar-refractivity contribution in [2.75, 3.05) is 18.8 Å². The van der Waals surface area contributed by atoms with Crippen LogP contribution in [0.2, 0.25) is 0 Å². The van der Waals surface area contributed by atoms with Crippen molar-refractivity contribution in [1.82, 2.24) is 9.62 Å². The number of nitrogens with zero attached hydrogens (tertiary/aromatic N) is 1. The number of nitrogens with one attached hydrogen (secondary N) is 1. The highest BCUT2D eigenvalue weighted by Crippen LogP contribution is 2.19. The second-order valence-electron chi connectivity index (χ2n) is 4.92. The molecule has 0 aromatic heterocycles. The molecule has 1 fully saturated rings. The maximum atomic E-state index is 12.0. The van der Waals surface area contributed by atoms with Gasteiger partial charge in [-0.1, -0.05) is 6.92 Å². The van der Waals surface area contributed by atoms with Crippen LogP contribution < -0.4 is 5.32 Å². The third-order valence-electron chi connectivity index (χ3n) is 3.51. The zero-order valence-corrected chi connectivity index (χ0v) is 12.3. The molecule has 0 spiro atoms. The lowest BCUT2D eigenvalue weighted by Gasteiger charge is -2.31. The summed E-state index contributed by atoms with van der Waals surface area (Å²) in [6, 6.07) is 0.149. The normalized spacial score (nSPS) is 23.6. The minimum atomic E-state index is -3.17. The summed E-state index contributed by atoms with van der Waals surface area (Å²) in [6.45, 7) is 6.49. The number of hydrogen-bond donors (Lipinski definition) is 1. The zero-order chi connectivity index (χ0) is 13.8. The molecule has 18 heavy (non-hydrogen) atoms. The van der Waals surface area contributed by atoms with Gasteiger partial charge in [0.1, 0.15) is 0 Å². The molecule has 0 bridgehead atoms. The summed E-state index contributed by atoms with van der Waals surface area (Å²) in [4.78, 5) is 12.0. The van der Waals surface area contributed by atoms with Gasteiger partial charge >= 0.3 is 0 Å². The smallest absolute Gasteiger partial charge is 0.224 e. The largest absolute Gasteiger partial charge is 0.353 e. The van der Waals surface area contributed by atoms with Gasteiger partial charge in [0.25, 0.3) is 0 Å². The lowest BCUT2D eigenvalue weighted by Crippen LogP contribution is -2.47. The molecule has 1 heterocycles. The van der Waals surface area contributed by atoms with Gasteiger partial charge < -0.3 is 5.32 Å². The van der Waals surface area contributed by atoms with E-state index in [1.54, 1.807) is 6.92 Å². The van der Waals surface area contributed by atoms with Crippen molar-refractivity contribution in [1.29, 1.82) is 0 Å². The Hall–Kier alpha value is -0.620. The van der Waals surface area contributed by atoms with Crippen LogP contribution in [-0.2, 0) is 14.8 Å². The predicted octanol–water partition coefficient (Wildman–Crippen LogP) is 0.963. The first-order valence-corrected chi connectivity index (χ1v) is 8.29. The molecule has 0 radical (unpaired) electrons. The topological polar surface area (TPSA) is 66.5 Å². The number of sulfonamides is 1. The van der Waals surface area contributed by atoms with Crippen LogP contribution in [0.3, 0.4) is 0 Å². The van der Waals surface area contributed by atoms with E-state index >= 15 is 0 Å². The van der Waals surface area contributed by atoms with E-state index in [0.717, 1.165) is 19.3 Å². The first-order valence-electron chi connectivity index (χ1n) is 6.68. The lowest BCUT2D eigenvalue weighted by molar-refractivity contribution is -0.126. The summed E-state index contributed by atoms with van der Waals surface area (Å²) >= 11 is 0. The number of carbonyl (C=O) groups excluding carboxylic acids is 1. The number of carbonyl (C=O) groups is 1. The van der Waals surface area contributed by atoms with Crippen molar-refractivity contribution >= 4 is 15.9 Å². The Kier molecular flexibility index (Phi) is 5.59. The monoisotopic (exact) mass is 276 g/mol. The molecule has 1 aliphatic heterocycles. The van der Waals surface area contributed by atoms with Gasteiger partial charge in [-0.25, -0.2) is 12.7 Å². The quantitative estimate of drug-likeness (QED) is 0.813. The molecular formula is C12H24N2O3S. The first kappa shape index (κ1) is 15.4. The second kappa shape index (κ2) is 6.52. The number of amides is 1. The molecule has 1 amide bonds. The summed E-state index contributed by atoms with van der Waals surface area (Å²) in [7, 11) is -3.17. The van der Waals surface area contributed by atoms with Gasteiger partial charge in [0.05, 0.1) is 11.7 Å². The highest BCUT2D eigenvalue weighted by molar-refractivity contribution is 7.89. The molecule has 1 aliphatic rings. The molecule has 0 saturated carbocycles. The number of piperidine rings is 1. The van der Waals surface area contributed by atoms with Crippen molar-refractivity contribution < 1.29 is 13.2 Å². The van der Waals surface area contributed by atoms with Gasteiger partial charge in [-0.3, -0.25) is 4.79 Å². The maximum absolute atomic E-state index is 12.0. The molecular weight excluding hydrogens is 252 g/mol. The van der Waals surface area contributed by atoms with E-state index in [0.29, 0.717) is 13.1 Å². The van der Waals surface area contributed by atoms with Crippen LogP contribution in [0.25, 0.3) is 0 Å². The Morgan fingerprint density at radius 1 is 1.44 bits per heavy atom. The Morgan fingerprint density at radius 2 is 2.11 bits per heavy atom. The standard InChI is InChI=1S/C12H24N2O3S/c1-4-10(3)13-12(15)11-7-6-8-14(9-11)18(16,17)5-2/h10-11H,4-9H2,1-3H3,(H,13,15)/t10-,11+/m1/s1. The third kappa shape index (κ3) is 3.95. The van der Waals surface area contributed by atoms with Crippen molar-refractivity contribution in [3.63, 3.8) is 0 Å². The van der Waals surface area contributed by atoms with E-state index in [9.17, 15) is 13.2 Å². The molecule has 6 heteroatoms. The Labute approximate surface area is 110 Å². The zero-order valence-electron chi connectivity index (χ0n) is 11.5. The lowest BCUT2D eigenvalue weighted by atomic mass is 9.98. The van der Waals surface area contributed by atoms with Crippen LogP contribution >= 0.6 is 0 Å². The number of hydrogen-bond acceptors (Lipinski definition) is 3.